The highest BCUT2D eigenvalue weighted by Gasteiger charge is 2.26. The molecule has 164 valence electrons. The second kappa shape index (κ2) is 10.2. The summed E-state index contributed by atoms with van der Waals surface area (Å²) < 4.78 is 21.5. The van der Waals surface area contributed by atoms with Crippen molar-refractivity contribution in [3.05, 3.63) is 58.7 Å². The number of likely N-dealkylation sites (N-methyl/N-ethyl adjacent to an activating group) is 1. The van der Waals surface area contributed by atoms with E-state index in [1.807, 2.05) is 48.6 Å². The molecular formula is C25H29NO5. The summed E-state index contributed by atoms with van der Waals surface area (Å²) in [6.45, 7) is 4.09. The Morgan fingerprint density at radius 3 is 1.58 bits per heavy atom. The van der Waals surface area contributed by atoms with Gasteiger partial charge < -0.3 is 18.9 Å². The molecule has 1 aliphatic rings. The zero-order valence-corrected chi connectivity index (χ0v) is 18.7. The van der Waals surface area contributed by atoms with Gasteiger partial charge in [0.15, 0.2) is 5.78 Å². The molecule has 1 heterocycles. The molecule has 6 heteroatoms. The van der Waals surface area contributed by atoms with Gasteiger partial charge in [0.25, 0.3) is 0 Å². The fraction of sp³-hybridized carbons (Fsp3) is 0.320. The number of likely N-dealkylation sites (tertiary alicyclic amines) is 1. The molecule has 3 rings (SSSR count). The Bertz CT molecular complexity index is 931. The van der Waals surface area contributed by atoms with E-state index >= 15 is 0 Å². The molecule has 0 atom stereocenters. The Kier molecular flexibility index (Phi) is 7.36. The Morgan fingerprint density at radius 1 is 0.774 bits per heavy atom. The van der Waals surface area contributed by atoms with Gasteiger partial charge in [-0.2, -0.15) is 0 Å². The third kappa shape index (κ3) is 5.09. The molecule has 0 bridgehead atoms. The molecule has 1 fully saturated rings. The summed E-state index contributed by atoms with van der Waals surface area (Å²) in [5.74, 6) is 2.76. The van der Waals surface area contributed by atoms with Gasteiger partial charge in [-0.05, 0) is 43.0 Å². The van der Waals surface area contributed by atoms with E-state index in [0.29, 0.717) is 36.1 Å². The lowest BCUT2D eigenvalue weighted by Gasteiger charge is -2.28. The van der Waals surface area contributed by atoms with E-state index < -0.39 is 0 Å². The number of ketones is 1. The summed E-state index contributed by atoms with van der Waals surface area (Å²) >= 11 is 0. The monoisotopic (exact) mass is 423 g/mol. The van der Waals surface area contributed by atoms with E-state index in [-0.39, 0.29) is 5.78 Å². The lowest BCUT2D eigenvalue weighted by atomic mass is 9.94. The first-order chi connectivity index (χ1) is 15.0. The fourth-order valence-electron chi connectivity index (χ4n) is 3.58. The smallest absolute Gasteiger partial charge is 0.187 e. The van der Waals surface area contributed by atoms with Gasteiger partial charge in [0.1, 0.15) is 23.0 Å². The minimum Gasteiger partial charge on any atom is -0.497 e. The average Bonchev–Trinajstić information content (AvgIpc) is 2.81. The van der Waals surface area contributed by atoms with Crippen molar-refractivity contribution >= 4 is 17.9 Å². The van der Waals surface area contributed by atoms with E-state index in [4.69, 9.17) is 18.9 Å². The SMILES string of the molecule is CCN1C/C(=C\c2ccc(OC)cc2OC)C(=O)/C(=C/c2ccc(OC)cc2OC)C1. The number of methoxy groups -OCH3 is 4. The normalized spacial score (nSPS) is 17.1. The molecule has 0 spiro atoms. The lowest BCUT2D eigenvalue weighted by Crippen LogP contribution is -2.37. The first-order valence-electron chi connectivity index (χ1n) is 10.1. The van der Waals surface area contributed by atoms with Crippen molar-refractivity contribution in [3.63, 3.8) is 0 Å². The number of benzene rings is 2. The van der Waals surface area contributed by atoms with Crippen LogP contribution in [0.25, 0.3) is 12.2 Å². The van der Waals surface area contributed by atoms with Crippen molar-refractivity contribution in [2.45, 2.75) is 6.92 Å². The van der Waals surface area contributed by atoms with Gasteiger partial charge in [-0.25, -0.2) is 0 Å². The Morgan fingerprint density at radius 2 is 1.23 bits per heavy atom. The molecule has 2 aromatic rings. The van der Waals surface area contributed by atoms with Crippen molar-refractivity contribution in [3.8, 4) is 23.0 Å². The van der Waals surface area contributed by atoms with Crippen LogP contribution in [0.15, 0.2) is 47.5 Å². The van der Waals surface area contributed by atoms with Crippen LogP contribution in [0.5, 0.6) is 23.0 Å². The third-order valence-electron chi connectivity index (χ3n) is 5.36. The van der Waals surface area contributed by atoms with Gasteiger partial charge >= 0.3 is 0 Å². The van der Waals surface area contributed by atoms with Crippen LogP contribution in [0.2, 0.25) is 0 Å². The largest absolute Gasteiger partial charge is 0.497 e. The topological polar surface area (TPSA) is 57.2 Å². The molecular weight excluding hydrogens is 394 g/mol. The lowest BCUT2D eigenvalue weighted by molar-refractivity contribution is -0.113. The number of carbonyl (C=O) groups is 1. The van der Waals surface area contributed by atoms with Crippen molar-refractivity contribution in [1.82, 2.24) is 4.90 Å². The molecule has 0 amide bonds. The number of ether oxygens (including phenoxy) is 4. The first-order valence-corrected chi connectivity index (χ1v) is 10.1. The van der Waals surface area contributed by atoms with Crippen LogP contribution in [0, 0.1) is 0 Å². The first kappa shape index (κ1) is 22.4. The average molecular weight is 424 g/mol. The maximum Gasteiger partial charge on any atom is 0.187 e. The molecule has 31 heavy (non-hydrogen) atoms. The quantitative estimate of drug-likeness (QED) is 0.625. The van der Waals surface area contributed by atoms with Gasteiger partial charge in [-0.1, -0.05) is 6.92 Å². The molecule has 2 aromatic carbocycles. The molecule has 0 aromatic heterocycles. The van der Waals surface area contributed by atoms with E-state index in [2.05, 4.69) is 11.8 Å². The predicted octanol–water partition coefficient (Wildman–Crippen LogP) is 4.09. The minimum absolute atomic E-state index is 0.0282. The van der Waals surface area contributed by atoms with Crippen LogP contribution in [0.1, 0.15) is 18.1 Å². The van der Waals surface area contributed by atoms with E-state index in [0.717, 1.165) is 28.8 Å². The number of Topliss-reactive ketones (excluding diaryl/α,β-unsaturated/α-hetero) is 1. The number of rotatable bonds is 7. The summed E-state index contributed by atoms with van der Waals surface area (Å²) in [7, 11) is 6.45. The molecule has 1 saturated heterocycles. The summed E-state index contributed by atoms with van der Waals surface area (Å²) in [6.07, 6.45) is 3.81. The van der Waals surface area contributed by atoms with Gasteiger partial charge in [0.2, 0.25) is 0 Å². The van der Waals surface area contributed by atoms with Crippen LogP contribution < -0.4 is 18.9 Å². The van der Waals surface area contributed by atoms with Gasteiger partial charge in [-0.15, -0.1) is 0 Å². The van der Waals surface area contributed by atoms with Crippen LogP contribution in [0.4, 0.5) is 0 Å². The number of hydrogen-bond donors (Lipinski definition) is 0. The number of nitrogens with zero attached hydrogens (tertiary/aromatic N) is 1. The van der Waals surface area contributed by atoms with Gasteiger partial charge in [0, 0.05) is 47.5 Å². The Hall–Kier alpha value is -3.25. The molecule has 0 radical (unpaired) electrons. The van der Waals surface area contributed by atoms with E-state index in [1.165, 1.54) is 0 Å². The second-order valence-electron chi connectivity index (χ2n) is 7.19. The van der Waals surface area contributed by atoms with Crippen molar-refractivity contribution in [1.29, 1.82) is 0 Å². The number of piperidine rings is 1. The maximum absolute atomic E-state index is 13.3. The highest BCUT2D eigenvalue weighted by molar-refractivity contribution is 6.14. The molecule has 0 saturated carbocycles. The van der Waals surface area contributed by atoms with Gasteiger partial charge in [0.05, 0.1) is 28.4 Å². The maximum atomic E-state index is 13.3. The molecule has 1 aliphatic heterocycles. The highest BCUT2D eigenvalue weighted by Crippen LogP contribution is 2.31. The second-order valence-corrected chi connectivity index (χ2v) is 7.19. The molecule has 0 aliphatic carbocycles. The van der Waals surface area contributed by atoms with Crippen molar-refractivity contribution < 1.29 is 23.7 Å². The van der Waals surface area contributed by atoms with Gasteiger partial charge in [-0.3, -0.25) is 9.69 Å². The Balaban J connectivity index is 2.01. The summed E-state index contributed by atoms with van der Waals surface area (Å²) in [5, 5.41) is 0. The van der Waals surface area contributed by atoms with E-state index in [1.54, 1.807) is 28.4 Å². The molecule has 0 unspecified atom stereocenters. The predicted molar refractivity (Wildman–Crippen MR) is 122 cm³/mol. The number of hydrogen-bond acceptors (Lipinski definition) is 6. The van der Waals surface area contributed by atoms with Crippen molar-refractivity contribution in [2.75, 3.05) is 48.1 Å². The molecule has 0 N–H and O–H groups in total. The van der Waals surface area contributed by atoms with Crippen molar-refractivity contribution in [2.24, 2.45) is 0 Å². The minimum atomic E-state index is 0.0282. The van der Waals surface area contributed by atoms with Crippen LogP contribution >= 0.6 is 0 Å². The third-order valence-corrected chi connectivity index (χ3v) is 5.36. The van der Waals surface area contributed by atoms with Crippen LogP contribution in [-0.4, -0.2) is 58.8 Å². The number of carbonyl (C=O) groups excluding carboxylic acids is 1. The zero-order valence-electron chi connectivity index (χ0n) is 18.7. The Labute approximate surface area is 183 Å². The standard InChI is InChI=1S/C25H29NO5/c1-6-26-15-19(11-17-7-9-21(28-2)13-23(17)30-4)25(27)20(16-26)12-18-8-10-22(29-3)14-24(18)31-5/h7-14H,6,15-16H2,1-5H3/b19-11+,20-12+. The zero-order chi connectivity index (χ0) is 22.4. The summed E-state index contributed by atoms with van der Waals surface area (Å²) in [6, 6.07) is 11.2. The fourth-order valence-corrected chi connectivity index (χ4v) is 3.58. The summed E-state index contributed by atoms with van der Waals surface area (Å²) in [5.41, 5.74) is 3.11. The summed E-state index contributed by atoms with van der Waals surface area (Å²) in [4.78, 5) is 15.6. The van der Waals surface area contributed by atoms with Crippen LogP contribution in [0.3, 0.4) is 0 Å². The highest BCUT2D eigenvalue weighted by atomic mass is 16.5. The van der Waals surface area contributed by atoms with E-state index in [9.17, 15) is 4.79 Å². The molecule has 6 nitrogen and oxygen atoms in total. The van der Waals surface area contributed by atoms with Crippen LogP contribution in [-0.2, 0) is 4.79 Å².